The van der Waals surface area contributed by atoms with Gasteiger partial charge in [0, 0.05) is 26.2 Å². The third-order valence-corrected chi connectivity index (χ3v) is 7.00. The molecule has 0 radical (unpaired) electrons. The van der Waals surface area contributed by atoms with Crippen molar-refractivity contribution < 1.29 is 8.42 Å². The maximum atomic E-state index is 12.8. The Bertz CT molecular complexity index is 406. The normalized spacial score (nSPS) is 37.2. The fraction of sp³-hybridized carbons (Fsp3) is 1.00. The van der Waals surface area contributed by atoms with Crippen molar-refractivity contribution in [3.63, 3.8) is 0 Å². The van der Waals surface area contributed by atoms with Crippen LogP contribution in [0.4, 0.5) is 0 Å². The van der Waals surface area contributed by atoms with Crippen LogP contribution in [0.2, 0.25) is 0 Å². The predicted molar refractivity (Wildman–Crippen MR) is 82.6 cm³/mol. The molecule has 0 aromatic rings. The summed E-state index contributed by atoms with van der Waals surface area (Å²) in [6, 6.07) is 0.198. The van der Waals surface area contributed by atoms with Crippen LogP contribution >= 0.6 is 0 Å². The van der Waals surface area contributed by atoms with E-state index in [0.29, 0.717) is 24.9 Å². The highest BCUT2D eigenvalue weighted by Gasteiger charge is 2.36. The Morgan fingerprint density at radius 2 is 1.40 bits per heavy atom. The number of rotatable bonds is 3. The summed E-state index contributed by atoms with van der Waals surface area (Å²) in [6.07, 6.45) is 5.46. The van der Waals surface area contributed by atoms with Crippen molar-refractivity contribution in [2.24, 2.45) is 17.8 Å². The highest BCUT2D eigenvalue weighted by atomic mass is 32.2. The lowest BCUT2D eigenvalue weighted by Gasteiger charge is -2.39. The van der Waals surface area contributed by atoms with Gasteiger partial charge in [-0.15, -0.1) is 0 Å². The van der Waals surface area contributed by atoms with Gasteiger partial charge in [-0.2, -0.15) is 17.0 Å². The van der Waals surface area contributed by atoms with Crippen LogP contribution in [0.1, 0.15) is 52.9 Å². The van der Waals surface area contributed by atoms with Crippen LogP contribution < -0.4 is 0 Å². The summed E-state index contributed by atoms with van der Waals surface area (Å²) in [6.45, 7) is 7.93. The molecule has 5 heteroatoms. The molecule has 0 aromatic carbocycles. The first kappa shape index (κ1) is 16.2. The number of nitrogens with zero attached hydrogens (tertiary/aromatic N) is 2. The molecule has 1 aliphatic heterocycles. The zero-order valence-electron chi connectivity index (χ0n) is 13.4. The summed E-state index contributed by atoms with van der Waals surface area (Å²) in [7, 11) is -1.50. The Morgan fingerprint density at radius 3 is 1.90 bits per heavy atom. The lowest BCUT2D eigenvalue weighted by Crippen LogP contribution is -2.51. The van der Waals surface area contributed by atoms with Crippen molar-refractivity contribution in [3.8, 4) is 0 Å². The minimum absolute atomic E-state index is 0.198. The van der Waals surface area contributed by atoms with Gasteiger partial charge in [0.25, 0.3) is 10.2 Å². The molecule has 2 fully saturated rings. The van der Waals surface area contributed by atoms with Gasteiger partial charge in [-0.3, -0.25) is 0 Å². The van der Waals surface area contributed by atoms with Crippen LogP contribution in [-0.2, 0) is 10.2 Å². The summed E-state index contributed by atoms with van der Waals surface area (Å²) in [5, 5.41) is 0. The van der Waals surface area contributed by atoms with Crippen molar-refractivity contribution in [1.29, 1.82) is 0 Å². The standard InChI is InChI=1S/C15H30N2O2S/c1-12-5-7-15(8-6-12)16(4)20(18,19)17-10-13(2)9-14(3)11-17/h12-15H,5-11H2,1-4H3. The Kier molecular flexibility index (Phi) is 5.14. The molecule has 118 valence electrons. The van der Waals surface area contributed by atoms with E-state index in [9.17, 15) is 8.42 Å². The highest BCUT2D eigenvalue weighted by molar-refractivity contribution is 7.86. The molecule has 0 aromatic heterocycles. The lowest BCUT2D eigenvalue weighted by atomic mass is 9.87. The third-order valence-electron chi connectivity index (χ3n) is 5.03. The third kappa shape index (κ3) is 3.55. The molecule has 1 heterocycles. The van der Waals surface area contributed by atoms with Gasteiger partial charge in [0.15, 0.2) is 0 Å². The molecule has 0 amide bonds. The van der Waals surface area contributed by atoms with E-state index in [1.807, 2.05) is 0 Å². The second kappa shape index (κ2) is 6.32. The second-order valence-corrected chi connectivity index (χ2v) is 9.19. The Balaban J connectivity index is 2.05. The second-order valence-electron chi connectivity index (χ2n) is 7.20. The van der Waals surface area contributed by atoms with Gasteiger partial charge in [-0.25, -0.2) is 0 Å². The Labute approximate surface area is 124 Å². The minimum atomic E-state index is -3.28. The van der Waals surface area contributed by atoms with Gasteiger partial charge in [0.05, 0.1) is 0 Å². The first-order chi connectivity index (χ1) is 9.30. The van der Waals surface area contributed by atoms with E-state index in [0.717, 1.165) is 38.0 Å². The monoisotopic (exact) mass is 302 g/mol. The zero-order valence-corrected chi connectivity index (χ0v) is 14.2. The fourth-order valence-corrected chi connectivity index (χ4v) is 5.61. The van der Waals surface area contributed by atoms with Gasteiger partial charge in [-0.05, 0) is 49.9 Å². The minimum Gasteiger partial charge on any atom is -0.195 e. The van der Waals surface area contributed by atoms with Crippen LogP contribution in [-0.4, -0.2) is 43.2 Å². The molecule has 0 spiro atoms. The molecule has 4 nitrogen and oxygen atoms in total. The maximum Gasteiger partial charge on any atom is 0.281 e. The summed E-state index contributed by atoms with van der Waals surface area (Å²) >= 11 is 0. The van der Waals surface area contributed by atoms with E-state index in [-0.39, 0.29) is 6.04 Å². The molecule has 2 atom stereocenters. The molecule has 1 saturated carbocycles. The zero-order chi connectivity index (χ0) is 14.9. The molecule has 2 aliphatic rings. The molecule has 2 unspecified atom stereocenters. The molecule has 1 saturated heterocycles. The van der Waals surface area contributed by atoms with E-state index in [4.69, 9.17) is 0 Å². The average Bonchev–Trinajstić information content (AvgIpc) is 2.37. The Morgan fingerprint density at radius 1 is 0.900 bits per heavy atom. The summed E-state index contributed by atoms with van der Waals surface area (Å²) in [5.74, 6) is 1.68. The molecular formula is C15H30N2O2S. The lowest BCUT2D eigenvalue weighted by molar-refractivity contribution is 0.191. The van der Waals surface area contributed by atoms with Crippen molar-refractivity contribution in [3.05, 3.63) is 0 Å². The van der Waals surface area contributed by atoms with Crippen LogP contribution in [0.5, 0.6) is 0 Å². The van der Waals surface area contributed by atoms with Crippen molar-refractivity contribution in [2.75, 3.05) is 20.1 Å². The number of hydrogen-bond acceptors (Lipinski definition) is 2. The van der Waals surface area contributed by atoms with Gasteiger partial charge in [0.1, 0.15) is 0 Å². The Hall–Kier alpha value is -0.130. The van der Waals surface area contributed by atoms with E-state index in [2.05, 4.69) is 20.8 Å². The van der Waals surface area contributed by atoms with Gasteiger partial charge >= 0.3 is 0 Å². The van der Waals surface area contributed by atoms with E-state index < -0.39 is 10.2 Å². The first-order valence-corrected chi connectivity index (χ1v) is 9.43. The summed E-state index contributed by atoms with van der Waals surface area (Å²) in [5.41, 5.74) is 0. The van der Waals surface area contributed by atoms with E-state index in [1.165, 1.54) is 0 Å². The molecule has 0 N–H and O–H groups in total. The van der Waals surface area contributed by atoms with E-state index >= 15 is 0 Å². The summed E-state index contributed by atoms with van der Waals surface area (Å²) in [4.78, 5) is 0. The molecule has 20 heavy (non-hydrogen) atoms. The smallest absolute Gasteiger partial charge is 0.195 e. The van der Waals surface area contributed by atoms with Crippen molar-refractivity contribution in [1.82, 2.24) is 8.61 Å². The van der Waals surface area contributed by atoms with Crippen LogP contribution in [0.25, 0.3) is 0 Å². The SMILES string of the molecule is CC1CCC(N(C)S(=O)(=O)N2CC(C)CC(C)C2)CC1. The quantitative estimate of drug-likeness (QED) is 0.804. The molecule has 0 bridgehead atoms. The number of hydrogen-bond donors (Lipinski definition) is 0. The van der Waals surface area contributed by atoms with Crippen molar-refractivity contribution in [2.45, 2.75) is 58.9 Å². The molecule has 2 rings (SSSR count). The average molecular weight is 302 g/mol. The van der Waals surface area contributed by atoms with Gasteiger partial charge in [-0.1, -0.05) is 20.8 Å². The van der Waals surface area contributed by atoms with Gasteiger partial charge < -0.3 is 0 Å². The van der Waals surface area contributed by atoms with Gasteiger partial charge in [0.2, 0.25) is 0 Å². The van der Waals surface area contributed by atoms with Crippen LogP contribution in [0.3, 0.4) is 0 Å². The predicted octanol–water partition coefficient (Wildman–Crippen LogP) is 2.72. The van der Waals surface area contributed by atoms with Crippen LogP contribution in [0, 0.1) is 17.8 Å². The molecular weight excluding hydrogens is 272 g/mol. The molecule has 1 aliphatic carbocycles. The van der Waals surface area contributed by atoms with Crippen LogP contribution in [0.15, 0.2) is 0 Å². The largest absolute Gasteiger partial charge is 0.281 e. The van der Waals surface area contributed by atoms with E-state index in [1.54, 1.807) is 15.7 Å². The topological polar surface area (TPSA) is 40.6 Å². The number of piperidine rings is 1. The first-order valence-electron chi connectivity index (χ1n) is 8.03. The highest BCUT2D eigenvalue weighted by Crippen LogP contribution is 2.30. The fourth-order valence-electron chi connectivity index (χ4n) is 3.77. The summed E-state index contributed by atoms with van der Waals surface area (Å²) < 4.78 is 29.0. The maximum absolute atomic E-state index is 12.8. The van der Waals surface area contributed by atoms with Crippen molar-refractivity contribution >= 4 is 10.2 Å².